The minimum atomic E-state index is -1.43. The van der Waals surface area contributed by atoms with Gasteiger partial charge < -0.3 is 15.2 Å². The van der Waals surface area contributed by atoms with Crippen LogP contribution in [0.25, 0.3) is 0 Å². The van der Waals surface area contributed by atoms with Gasteiger partial charge in [-0.1, -0.05) is 13.0 Å². The molecular weight excluding hydrogens is 253 g/mol. The summed E-state index contributed by atoms with van der Waals surface area (Å²) in [5.74, 6) is -2.87. The van der Waals surface area contributed by atoms with Crippen molar-refractivity contribution in [3.63, 3.8) is 0 Å². The molecule has 104 valence electrons. The van der Waals surface area contributed by atoms with E-state index in [1.165, 1.54) is 12.1 Å². The zero-order valence-electron chi connectivity index (χ0n) is 10.8. The highest BCUT2D eigenvalue weighted by atomic mass is 19.1. The molecule has 19 heavy (non-hydrogen) atoms. The summed E-state index contributed by atoms with van der Waals surface area (Å²) >= 11 is 0. The molecule has 0 aliphatic rings. The van der Waals surface area contributed by atoms with Crippen LogP contribution >= 0.6 is 0 Å². The van der Waals surface area contributed by atoms with Gasteiger partial charge in [-0.2, -0.15) is 0 Å². The summed E-state index contributed by atoms with van der Waals surface area (Å²) in [5, 5.41) is 11.5. The second-order valence-electron chi connectivity index (χ2n) is 4.08. The fraction of sp³-hybridized carbons (Fsp3) is 0.385. The van der Waals surface area contributed by atoms with Gasteiger partial charge in [0.15, 0.2) is 6.61 Å². The van der Waals surface area contributed by atoms with E-state index in [0.717, 1.165) is 12.5 Å². The van der Waals surface area contributed by atoms with E-state index in [-0.39, 0.29) is 24.3 Å². The van der Waals surface area contributed by atoms with Crippen LogP contribution in [-0.2, 0) is 4.79 Å². The van der Waals surface area contributed by atoms with Crippen LogP contribution in [0, 0.1) is 5.82 Å². The van der Waals surface area contributed by atoms with Gasteiger partial charge >= 0.3 is 5.97 Å². The number of nitrogens with one attached hydrogen (secondary N) is 1. The molecule has 0 aromatic heterocycles. The summed E-state index contributed by atoms with van der Waals surface area (Å²) in [6.07, 6.45) is 0.770. The van der Waals surface area contributed by atoms with Crippen molar-refractivity contribution in [2.75, 3.05) is 6.61 Å². The highest BCUT2D eigenvalue weighted by Gasteiger charge is 2.17. The molecule has 1 unspecified atom stereocenters. The maximum absolute atomic E-state index is 13.3. The Labute approximate surface area is 110 Å². The number of carboxylic acids is 1. The fourth-order valence-corrected chi connectivity index (χ4v) is 1.39. The largest absolute Gasteiger partial charge is 0.483 e. The summed E-state index contributed by atoms with van der Waals surface area (Å²) in [7, 11) is 0. The molecule has 1 aromatic carbocycles. The predicted octanol–water partition coefficient (Wildman–Crippen LogP) is 1.82. The molecule has 0 spiro atoms. The van der Waals surface area contributed by atoms with Crippen molar-refractivity contribution in [2.24, 2.45) is 0 Å². The van der Waals surface area contributed by atoms with Gasteiger partial charge in [-0.25, -0.2) is 9.18 Å². The molecule has 0 aliphatic carbocycles. The van der Waals surface area contributed by atoms with Crippen LogP contribution in [0.2, 0.25) is 0 Å². The van der Waals surface area contributed by atoms with Crippen molar-refractivity contribution in [3.8, 4) is 5.75 Å². The molecule has 0 bridgehead atoms. The summed E-state index contributed by atoms with van der Waals surface area (Å²) in [5.41, 5.74) is -0.571. The first-order valence-corrected chi connectivity index (χ1v) is 5.89. The first-order valence-electron chi connectivity index (χ1n) is 5.89. The number of benzene rings is 1. The number of halogens is 1. The summed E-state index contributed by atoms with van der Waals surface area (Å²) in [6.45, 7) is 3.40. The lowest BCUT2D eigenvalue weighted by Crippen LogP contribution is -2.35. The Morgan fingerprint density at radius 3 is 2.74 bits per heavy atom. The number of carbonyl (C=O) groups is 2. The minimum absolute atomic E-state index is 0.00236. The molecule has 0 radical (unpaired) electrons. The number of ether oxygens (including phenoxy) is 1. The van der Waals surface area contributed by atoms with Crippen molar-refractivity contribution in [1.82, 2.24) is 5.32 Å². The quantitative estimate of drug-likeness (QED) is 0.826. The van der Waals surface area contributed by atoms with Gasteiger partial charge in [0.2, 0.25) is 0 Å². The van der Waals surface area contributed by atoms with Gasteiger partial charge in [0.05, 0.1) is 0 Å². The first-order chi connectivity index (χ1) is 8.95. The summed E-state index contributed by atoms with van der Waals surface area (Å²) in [4.78, 5) is 22.4. The average molecular weight is 269 g/mol. The Kier molecular flexibility index (Phi) is 5.29. The van der Waals surface area contributed by atoms with Crippen LogP contribution in [-0.4, -0.2) is 29.6 Å². The number of aromatic carboxylic acids is 1. The van der Waals surface area contributed by atoms with Crippen LogP contribution < -0.4 is 10.1 Å². The molecule has 1 atom stereocenters. The lowest BCUT2D eigenvalue weighted by molar-refractivity contribution is -0.123. The summed E-state index contributed by atoms with van der Waals surface area (Å²) < 4.78 is 18.4. The van der Waals surface area contributed by atoms with Crippen LogP contribution in [0.5, 0.6) is 5.75 Å². The van der Waals surface area contributed by atoms with Crippen molar-refractivity contribution in [2.45, 2.75) is 26.3 Å². The van der Waals surface area contributed by atoms with Crippen LogP contribution in [0.4, 0.5) is 4.39 Å². The number of carbonyl (C=O) groups excluding carboxylic acids is 1. The van der Waals surface area contributed by atoms with Crippen molar-refractivity contribution < 1.29 is 23.8 Å². The van der Waals surface area contributed by atoms with E-state index in [1.807, 2.05) is 13.8 Å². The first kappa shape index (κ1) is 14.9. The SMILES string of the molecule is CCC(C)NC(=O)COc1cccc(F)c1C(=O)O. The normalized spacial score (nSPS) is 11.7. The molecule has 5 nitrogen and oxygen atoms in total. The number of rotatable bonds is 6. The monoisotopic (exact) mass is 269 g/mol. The van der Waals surface area contributed by atoms with E-state index in [2.05, 4.69) is 5.32 Å². The van der Waals surface area contributed by atoms with Crippen LogP contribution in [0.1, 0.15) is 30.6 Å². The van der Waals surface area contributed by atoms with Gasteiger partial charge in [-0.05, 0) is 25.5 Å². The van der Waals surface area contributed by atoms with Crippen molar-refractivity contribution in [3.05, 3.63) is 29.6 Å². The number of hydrogen-bond donors (Lipinski definition) is 2. The molecule has 0 heterocycles. The van der Waals surface area contributed by atoms with Crippen LogP contribution in [0.3, 0.4) is 0 Å². The topological polar surface area (TPSA) is 75.6 Å². The maximum atomic E-state index is 13.3. The molecule has 6 heteroatoms. The summed E-state index contributed by atoms with van der Waals surface area (Å²) in [6, 6.07) is 3.66. The average Bonchev–Trinajstić information content (AvgIpc) is 2.35. The third kappa shape index (κ3) is 4.24. The van der Waals surface area contributed by atoms with Crippen molar-refractivity contribution >= 4 is 11.9 Å². The second-order valence-corrected chi connectivity index (χ2v) is 4.08. The third-order valence-corrected chi connectivity index (χ3v) is 2.57. The Hall–Kier alpha value is -2.11. The van der Waals surface area contributed by atoms with Crippen LogP contribution in [0.15, 0.2) is 18.2 Å². The lowest BCUT2D eigenvalue weighted by atomic mass is 10.2. The highest BCUT2D eigenvalue weighted by molar-refractivity contribution is 5.91. The lowest BCUT2D eigenvalue weighted by Gasteiger charge is -2.13. The van der Waals surface area contributed by atoms with Gasteiger partial charge in [0, 0.05) is 6.04 Å². The molecule has 1 amide bonds. The highest BCUT2D eigenvalue weighted by Crippen LogP contribution is 2.21. The van der Waals surface area contributed by atoms with Crippen molar-refractivity contribution in [1.29, 1.82) is 0 Å². The van der Waals surface area contributed by atoms with E-state index in [1.54, 1.807) is 0 Å². The standard InChI is InChI=1S/C13H16FNO4/c1-3-8(2)15-11(16)7-19-10-6-4-5-9(14)12(10)13(17)18/h4-6,8H,3,7H2,1-2H3,(H,15,16)(H,17,18). The zero-order valence-corrected chi connectivity index (χ0v) is 10.8. The Morgan fingerprint density at radius 1 is 1.47 bits per heavy atom. The second kappa shape index (κ2) is 6.72. The molecule has 1 rings (SSSR count). The number of amides is 1. The number of carboxylic acid groups (broad SMARTS) is 1. The minimum Gasteiger partial charge on any atom is -0.483 e. The van der Waals surface area contributed by atoms with Gasteiger partial charge in [-0.3, -0.25) is 4.79 Å². The molecule has 2 N–H and O–H groups in total. The van der Waals surface area contributed by atoms with E-state index in [9.17, 15) is 14.0 Å². The van der Waals surface area contributed by atoms with E-state index >= 15 is 0 Å². The number of hydrogen-bond acceptors (Lipinski definition) is 3. The van der Waals surface area contributed by atoms with Gasteiger partial charge in [-0.15, -0.1) is 0 Å². The Balaban J connectivity index is 2.71. The Bertz CT molecular complexity index is 476. The predicted molar refractivity (Wildman–Crippen MR) is 66.8 cm³/mol. The molecule has 0 fully saturated rings. The zero-order chi connectivity index (χ0) is 14.4. The fourth-order valence-electron chi connectivity index (χ4n) is 1.39. The molecule has 0 saturated heterocycles. The maximum Gasteiger partial charge on any atom is 0.342 e. The molecule has 0 aliphatic heterocycles. The molecule has 1 aromatic rings. The van der Waals surface area contributed by atoms with E-state index in [4.69, 9.17) is 9.84 Å². The van der Waals surface area contributed by atoms with Gasteiger partial charge in [0.25, 0.3) is 5.91 Å². The molecular formula is C13H16FNO4. The van der Waals surface area contributed by atoms with Gasteiger partial charge in [0.1, 0.15) is 17.1 Å². The van der Waals surface area contributed by atoms with E-state index < -0.39 is 17.3 Å². The third-order valence-electron chi connectivity index (χ3n) is 2.57. The van der Waals surface area contributed by atoms with E-state index in [0.29, 0.717) is 0 Å². The molecule has 0 saturated carbocycles. The smallest absolute Gasteiger partial charge is 0.342 e. The Morgan fingerprint density at radius 2 is 2.16 bits per heavy atom.